The molecule has 2 aliphatic rings. The predicted octanol–water partition coefficient (Wildman–Crippen LogP) is 2.38. The van der Waals surface area contributed by atoms with Crippen LogP contribution >= 0.6 is 0 Å². The van der Waals surface area contributed by atoms with E-state index in [9.17, 15) is 13.2 Å². The largest absolute Gasteiger partial charge is 0.465 e. The minimum atomic E-state index is -3.86. The second-order valence-electron chi connectivity index (χ2n) is 7.37. The molecule has 0 spiro atoms. The summed E-state index contributed by atoms with van der Waals surface area (Å²) in [7, 11) is -2.61. The molecule has 2 heterocycles. The van der Waals surface area contributed by atoms with Crippen LogP contribution < -0.4 is 5.32 Å². The Kier molecular flexibility index (Phi) is 6.03. The van der Waals surface area contributed by atoms with Gasteiger partial charge in [-0.25, -0.2) is 18.2 Å². The number of hydrogen-bond donors (Lipinski definition) is 1. The molecule has 0 unspecified atom stereocenters. The van der Waals surface area contributed by atoms with Gasteiger partial charge in [0.1, 0.15) is 10.7 Å². The monoisotopic (exact) mass is 431 g/mol. The van der Waals surface area contributed by atoms with Crippen LogP contribution in [0.3, 0.4) is 0 Å². The molecule has 0 amide bonds. The maximum atomic E-state index is 13.4. The predicted molar refractivity (Wildman–Crippen MR) is 111 cm³/mol. The van der Waals surface area contributed by atoms with E-state index in [2.05, 4.69) is 22.4 Å². The normalized spacial score (nSPS) is 19.7. The molecule has 1 aliphatic heterocycles. The molecule has 1 N–H and O–H groups in total. The van der Waals surface area contributed by atoms with Crippen LogP contribution in [-0.4, -0.2) is 57.1 Å². The van der Waals surface area contributed by atoms with Crippen molar-refractivity contribution in [2.45, 2.75) is 30.2 Å². The van der Waals surface area contributed by atoms with Gasteiger partial charge in [0.25, 0.3) is 0 Å². The lowest BCUT2D eigenvalue weighted by Crippen LogP contribution is -2.41. The molecular formula is C21H25N3O5S. The van der Waals surface area contributed by atoms with Gasteiger partial charge in [-0.05, 0) is 36.5 Å². The zero-order valence-electron chi connectivity index (χ0n) is 16.8. The number of benzene rings is 1. The summed E-state index contributed by atoms with van der Waals surface area (Å²) < 4.78 is 38.2. The fraction of sp³-hybridized carbons (Fsp3) is 0.429. The Morgan fingerprint density at radius 3 is 2.80 bits per heavy atom. The molecule has 30 heavy (non-hydrogen) atoms. The Morgan fingerprint density at radius 1 is 1.27 bits per heavy atom. The summed E-state index contributed by atoms with van der Waals surface area (Å²) in [6.45, 7) is 1.19. The number of nitrogens with zero attached hydrogens (tertiary/aromatic N) is 2. The highest BCUT2D eigenvalue weighted by atomic mass is 32.2. The van der Waals surface area contributed by atoms with Crippen LogP contribution in [0.25, 0.3) is 0 Å². The van der Waals surface area contributed by atoms with Crippen molar-refractivity contribution in [3.63, 3.8) is 0 Å². The number of aryl methyl sites for hydroxylation is 1. The van der Waals surface area contributed by atoms with Crippen molar-refractivity contribution < 1.29 is 22.7 Å². The van der Waals surface area contributed by atoms with Crippen molar-refractivity contribution in [1.82, 2.24) is 9.29 Å². The zero-order valence-corrected chi connectivity index (χ0v) is 17.7. The van der Waals surface area contributed by atoms with E-state index in [0.29, 0.717) is 13.2 Å². The molecule has 160 valence electrons. The van der Waals surface area contributed by atoms with Gasteiger partial charge in [0, 0.05) is 19.3 Å². The van der Waals surface area contributed by atoms with Crippen LogP contribution in [0.5, 0.6) is 0 Å². The Labute approximate surface area is 176 Å². The Morgan fingerprint density at radius 2 is 2.03 bits per heavy atom. The Balaban J connectivity index is 1.74. The lowest BCUT2D eigenvalue weighted by atomic mass is 9.88. The molecule has 1 atom stereocenters. The first-order chi connectivity index (χ1) is 14.5. The van der Waals surface area contributed by atoms with Crippen LogP contribution in [0, 0.1) is 0 Å². The van der Waals surface area contributed by atoms with Gasteiger partial charge in [-0.15, -0.1) is 0 Å². The van der Waals surface area contributed by atoms with Gasteiger partial charge in [0.2, 0.25) is 10.0 Å². The number of ether oxygens (including phenoxy) is 2. The number of esters is 1. The third-order valence-corrected chi connectivity index (χ3v) is 7.45. The SMILES string of the molecule is COC(=O)c1cnc(N[C@H]2CCCc3ccccc32)c(S(=O)(=O)N2CCOCC2)c1. The highest BCUT2D eigenvalue weighted by Crippen LogP contribution is 2.34. The lowest BCUT2D eigenvalue weighted by Gasteiger charge is -2.29. The Hall–Kier alpha value is -2.49. The van der Waals surface area contributed by atoms with Crippen LogP contribution in [0.1, 0.15) is 40.4 Å². The maximum absolute atomic E-state index is 13.4. The summed E-state index contributed by atoms with van der Waals surface area (Å²) >= 11 is 0. The van der Waals surface area contributed by atoms with Crippen LogP contribution in [0.15, 0.2) is 41.4 Å². The first kappa shape index (κ1) is 20.8. The number of anilines is 1. The summed E-state index contributed by atoms with van der Waals surface area (Å²) in [6.07, 6.45) is 4.22. The standard InChI is InChI=1S/C21H25N3O5S/c1-28-21(25)16-13-19(30(26,27)24-9-11-29-12-10-24)20(22-14-16)23-18-8-4-6-15-5-2-3-7-17(15)18/h2-3,5,7,13-14,18H,4,6,8-12H2,1H3,(H,22,23)/t18-/m0/s1. The van der Waals surface area contributed by atoms with Gasteiger partial charge < -0.3 is 14.8 Å². The molecule has 0 radical (unpaired) electrons. The van der Waals surface area contributed by atoms with E-state index >= 15 is 0 Å². The highest BCUT2D eigenvalue weighted by Gasteiger charge is 2.32. The van der Waals surface area contributed by atoms with Crippen molar-refractivity contribution in [3.05, 3.63) is 53.2 Å². The molecule has 1 saturated heterocycles. The molecule has 2 aromatic rings. The van der Waals surface area contributed by atoms with E-state index < -0.39 is 16.0 Å². The van der Waals surface area contributed by atoms with E-state index in [1.165, 1.54) is 29.2 Å². The minimum Gasteiger partial charge on any atom is -0.465 e. The van der Waals surface area contributed by atoms with Gasteiger partial charge in [0.05, 0.1) is 31.9 Å². The van der Waals surface area contributed by atoms with Crippen molar-refractivity contribution in [2.24, 2.45) is 0 Å². The lowest BCUT2D eigenvalue weighted by molar-refractivity contribution is 0.0600. The van der Waals surface area contributed by atoms with Crippen LogP contribution in [0.4, 0.5) is 5.82 Å². The van der Waals surface area contributed by atoms with E-state index in [1.807, 2.05) is 12.1 Å². The van der Waals surface area contributed by atoms with Crippen LogP contribution in [-0.2, 0) is 25.9 Å². The van der Waals surface area contributed by atoms with E-state index in [4.69, 9.17) is 9.47 Å². The fourth-order valence-electron chi connectivity index (χ4n) is 3.97. The second kappa shape index (κ2) is 8.71. The molecule has 4 rings (SSSR count). The molecular weight excluding hydrogens is 406 g/mol. The van der Waals surface area contributed by atoms with Crippen molar-refractivity contribution in [2.75, 3.05) is 38.7 Å². The van der Waals surface area contributed by atoms with Gasteiger partial charge in [0.15, 0.2) is 0 Å². The number of rotatable bonds is 5. The summed E-state index contributed by atoms with van der Waals surface area (Å²) in [5.41, 5.74) is 2.50. The fourth-order valence-corrected chi connectivity index (χ4v) is 5.51. The number of fused-ring (bicyclic) bond motifs is 1. The number of pyridine rings is 1. The average molecular weight is 432 g/mol. The average Bonchev–Trinajstić information content (AvgIpc) is 2.79. The first-order valence-corrected chi connectivity index (χ1v) is 11.5. The second-order valence-corrected chi connectivity index (χ2v) is 9.27. The molecule has 1 aliphatic carbocycles. The number of nitrogens with one attached hydrogen (secondary N) is 1. The van der Waals surface area contributed by atoms with Crippen molar-refractivity contribution in [3.8, 4) is 0 Å². The van der Waals surface area contributed by atoms with E-state index in [-0.39, 0.29) is 35.4 Å². The molecule has 1 aromatic heterocycles. The van der Waals surface area contributed by atoms with Crippen molar-refractivity contribution in [1.29, 1.82) is 0 Å². The Bertz CT molecular complexity index is 1030. The van der Waals surface area contributed by atoms with Crippen molar-refractivity contribution >= 4 is 21.8 Å². The van der Waals surface area contributed by atoms with E-state index in [0.717, 1.165) is 24.8 Å². The number of carbonyl (C=O) groups is 1. The third-order valence-electron chi connectivity index (χ3n) is 5.54. The maximum Gasteiger partial charge on any atom is 0.339 e. The molecule has 8 nitrogen and oxygen atoms in total. The summed E-state index contributed by atoms with van der Waals surface area (Å²) in [5, 5.41) is 3.33. The third kappa shape index (κ3) is 4.05. The molecule has 9 heteroatoms. The number of aromatic nitrogens is 1. The van der Waals surface area contributed by atoms with Gasteiger partial charge in [-0.3, -0.25) is 0 Å². The highest BCUT2D eigenvalue weighted by molar-refractivity contribution is 7.89. The van der Waals surface area contributed by atoms with Gasteiger partial charge >= 0.3 is 5.97 Å². The number of methoxy groups -OCH3 is 1. The zero-order chi connectivity index (χ0) is 21.1. The smallest absolute Gasteiger partial charge is 0.339 e. The first-order valence-electron chi connectivity index (χ1n) is 10.0. The van der Waals surface area contributed by atoms with Crippen LogP contribution in [0.2, 0.25) is 0 Å². The summed E-state index contributed by atoms with van der Waals surface area (Å²) in [4.78, 5) is 16.3. The summed E-state index contributed by atoms with van der Waals surface area (Å²) in [6, 6.07) is 9.45. The number of sulfonamides is 1. The number of hydrogen-bond acceptors (Lipinski definition) is 7. The quantitative estimate of drug-likeness (QED) is 0.726. The van der Waals surface area contributed by atoms with Gasteiger partial charge in [-0.1, -0.05) is 24.3 Å². The number of carbonyl (C=O) groups excluding carboxylic acids is 1. The molecule has 1 fully saturated rings. The topological polar surface area (TPSA) is 97.8 Å². The summed E-state index contributed by atoms with van der Waals surface area (Å²) in [5.74, 6) is -0.383. The van der Waals surface area contributed by atoms with E-state index in [1.54, 1.807) is 0 Å². The molecule has 0 saturated carbocycles. The minimum absolute atomic E-state index is 0.0182. The van der Waals surface area contributed by atoms with Gasteiger partial charge in [-0.2, -0.15) is 4.31 Å². The number of morpholine rings is 1. The molecule has 0 bridgehead atoms. The molecule has 1 aromatic carbocycles.